The fourth-order valence-corrected chi connectivity index (χ4v) is 5.03. The summed E-state index contributed by atoms with van der Waals surface area (Å²) in [5.74, 6) is 2.34. The van der Waals surface area contributed by atoms with Crippen molar-refractivity contribution in [2.24, 2.45) is 11.8 Å². The highest BCUT2D eigenvalue weighted by molar-refractivity contribution is 5.64. The molecule has 3 heteroatoms. The number of ether oxygens (including phenoxy) is 3. The maximum atomic E-state index is 6.09. The lowest BCUT2D eigenvalue weighted by Crippen LogP contribution is -2.27. The van der Waals surface area contributed by atoms with Gasteiger partial charge in [0.15, 0.2) is 6.29 Å². The maximum absolute atomic E-state index is 6.09. The Bertz CT molecular complexity index is 821. The van der Waals surface area contributed by atoms with Gasteiger partial charge in [0.25, 0.3) is 0 Å². The molecule has 3 rings (SSSR count). The van der Waals surface area contributed by atoms with E-state index in [4.69, 9.17) is 14.2 Å². The number of hydrogen-bond donors (Lipinski definition) is 0. The van der Waals surface area contributed by atoms with Crippen molar-refractivity contribution < 1.29 is 14.2 Å². The molecule has 0 amide bonds. The average molecular weight is 509 g/mol. The van der Waals surface area contributed by atoms with Gasteiger partial charge >= 0.3 is 0 Å². The van der Waals surface area contributed by atoms with Crippen LogP contribution in [0.15, 0.2) is 48.5 Å². The van der Waals surface area contributed by atoms with Crippen molar-refractivity contribution in [2.45, 2.75) is 111 Å². The van der Waals surface area contributed by atoms with Crippen molar-refractivity contribution in [2.75, 3.05) is 19.8 Å². The minimum Gasteiger partial charge on any atom is -0.494 e. The molecule has 1 atom stereocenters. The summed E-state index contributed by atoms with van der Waals surface area (Å²) in [6.45, 7) is 9.31. The van der Waals surface area contributed by atoms with Crippen LogP contribution in [0.2, 0.25) is 0 Å². The maximum Gasteiger partial charge on any atom is 0.183 e. The Kier molecular flexibility index (Phi) is 14.2. The first-order valence-corrected chi connectivity index (χ1v) is 15.3. The van der Waals surface area contributed by atoms with Gasteiger partial charge in [0, 0.05) is 11.5 Å². The topological polar surface area (TPSA) is 27.7 Å². The van der Waals surface area contributed by atoms with E-state index in [2.05, 4.69) is 69.3 Å². The van der Waals surface area contributed by atoms with Crippen LogP contribution in [-0.4, -0.2) is 19.8 Å². The Hall–Kier alpha value is -1.84. The summed E-state index contributed by atoms with van der Waals surface area (Å²) >= 11 is 0. The molecule has 3 nitrogen and oxygen atoms in total. The largest absolute Gasteiger partial charge is 0.494 e. The number of rotatable bonds is 18. The van der Waals surface area contributed by atoms with Gasteiger partial charge in [-0.25, -0.2) is 0 Å². The lowest BCUT2D eigenvalue weighted by atomic mass is 10.00. The molecule has 0 spiro atoms. The third-order valence-corrected chi connectivity index (χ3v) is 7.86. The second-order valence-electron chi connectivity index (χ2n) is 11.1. The summed E-state index contributed by atoms with van der Waals surface area (Å²) in [5, 5.41) is 0. The Labute approximate surface area is 227 Å². The van der Waals surface area contributed by atoms with Gasteiger partial charge in [-0.05, 0) is 42.0 Å². The molecular weight excluding hydrogens is 456 g/mol. The van der Waals surface area contributed by atoms with E-state index in [0.717, 1.165) is 43.5 Å². The first kappa shape index (κ1) is 29.7. The molecule has 206 valence electrons. The Balaban J connectivity index is 1.33. The quantitative estimate of drug-likeness (QED) is 0.187. The van der Waals surface area contributed by atoms with Gasteiger partial charge in [-0.3, -0.25) is 0 Å². The first-order chi connectivity index (χ1) is 18.2. The average Bonchev–Trinajstić information content (AvgIpc) is 2.95. The second kappa shape index (κ2) is 17.6. The van der Waals surface area contributed by atoms with Gasteiger partial charge in [-0.15, -0.1) is 0 Å². The Morgan fingerprint density at radius 1 is 0.730 bits per heavy atom. The first-order valence-electron chi connectivity index (χ1n) is 15.3. The van der Waals surface area contributed by atoms with Crippen LogP contribution in [0.5, 0.6) is 5.75 Å². The highest BCUT2D eigenvalue weighted by Gasteiger charge is 2.23. The van der Waals surface area contributed by atoms with Gasteiger partial charge in [-0.1, -0.05) is 128 Å². The summed E-state index contributed by atoms with van der Waals surface area (Å²) in [6, 6.07) is 17.1. The van der Waals surface area contributed by atoms with Crippen LogP contribution >= 0.6 is 0 Å². The van der Waals surface area contributed by atoms with Crippen molar-refractivity contribution in [3.8, 4) is 16.9 Å². The minimum absolute atomic E-state index is 0.236. The zero-order valence-electron chi connectivity index (χ0n) is 23.9. The molecule has 0 saturated carbocycles. The van der Waals surface area contributed by atoms with E-state index in [0.29, 0.717) is 5.92 Å². The van der Waals surface area contributed by atoms with Crippen molar-refractivity contribution in [1.29, 1.82) is 0 Å². The molecule has 0 N–H and O–H groups in total. The molecular formula is C34H52O3. The smallest absolute Gasteiger partial charge is 0.183 e. The van der Waals surface area contributed by atoms with E-state index in [1.54, 1.807) is 0 Å². The van der Waals surface area contributed by atoms with E-state index in [1.807, 2.05) is 0 Å². The monoisotopic (exact) mass is 508 g/mol. The van der Waals surface area contributed by atoms with Crippen LogP contribution in [0.3, 0.4) is 0 Å². The predicted molar refractivity (Wildman–Crippen MR) is 156 cm³/mol. The molecule has 1 aliphatic rings. The third kappa shape index (κ3) is 11.2. The molecule has 0 bridgehead atoms. The van der Waals surface area contributed by atoms with Gasteiger partial charge in [0.2, 0.25) is 0 Å². The van der Waals surface area contributed by atoms with Gasteiger partial charge in [0.05, 0.1) is 19.8 Å². The summed E-state index contributed by atoms with van der Waals surface area (Å²) in [7, 11) is 0. The second-order valence-corrected chi connectivity index (χ2v) is 11.1. The van der Waals surface area contributed by atoms with Crippen LogP contribution in [0.4, 0.5) is 0 Å². The van der Waals surface area contributed by atoms with Gasteiger partial charge in [-0.2, -0.15) is 0 Å². The van der Waals surface area contributed by atoms with Crippen LogP contribution in [0.1, 0.15) is 116 Å². The van der Waals surface area contributed by atoms with Crippen LogP contribution in [0, 0.1) is 11.8 Å². The minimum atomic E-state index is -0.236. The fourth-order valence-electron chi connectivity index (χ4n) is 5.03. The predicted octanol–water partition coefficient (Wildman–Crippen LogP) is 10.1. The molecule has 0 aromatic heterocycles. The molecule has 0 aliphatic carbocycles. The van der Waals surface area contributed by atoms with Crippen molar-refractivity contribution in [3.05, 3.63) is 54.1 Å². The highest BCUT2D eigenvalue weighted by atomic mass is 16.7. The van der Waals surface area contributed by atoms with Gasteiger partial charge < -0.3 is 14.2 Å². The molecule has 2 aromatic rings. The molecule has 0 unspecified atom stereocenters. The molecule has 2 aromatic carbocycles. The Morgan fingerprint density at radius 3 is 1.97 bits per heavy atom. The van der Waals surface area contributed by atoms with E-state index in [1.165, 1.54) is 88.2 Å². The van der Waals surface area contributed by atoms with Crippen LogP contribution < -0.4 is 4.74 Å². The van der Waals surface area contributed by atoms with Crippen molar-refractivity contribution >= 4 is 0 Å². The molecule has 1 saturated heterocycles. The van der Waals surface area contributed by atoms with Gasteiger partial charge in [0.1, 0.15) is 5.75 Å². The van der Waals surface area contributed by atoms with E-state index in [-0.39, 0.29) is 6.29 Å². The van der Waals surface area contributed by atoms with E-state index >= 15 is 0 Å². The summed E-state index contributed by atoms with van der Waals surface area (Å²) in [5.41, 5.74) is 3.51. The highest BCUT2D eigenvalue weighted by Crippen LogP contribution is 2.30. The van der Waals surface area contributed by atoms with Crippen molar-refractivity contribution in [1.82, 2.24) is 0 Å². The lowest BCUT2D eigenvalue weighted by Gasteiger charge is -2.29. The zero-order chi connectivity index (χ0) is 26.1. The number of benzene rings is 2. The molecule has 1 fully saturated rings. The third-order valence-electron chi connectivity index (χ3n) is 7.86. The molecule has 1 heterocycles. The molecule has 1 aliphatic heterocycles. The Morgan fingerprint density at radius 2 is 1.32 bits per heavy atom. The molecule has 37 heavy (non-hydrogen) atoms. The van der Waals surface area contributed by atoms with Crippen molar-refractivity contribution in [3.63, 3.8) is 0 Å². The number of hydrogen-bond acceptors (Lipinski definition) is 3. The summed E-state index contributed by atoms with van der Waals surface area (Å²) < 4.78 is 18.1. The SMILES string of the molecule is CCCCCCCCC[C@H]1CO[C@H](c2ccc(-c3ccc(OCCCCC[C@@H](C)CC)cc3)cc2)OC1. The van der Waals surface area contributed by atoms with Crippen LogP contribution in [0.25, 0.3) is 11.1 Å². The van der Waals surface area contributed by atoms with E-state index in [9.17, 15) is 0 Å². The summed E-state index contributed by atoms with van der Waals surface area (Å²) in [6.07, 6.45) is 16.8. The summed E-state index contributed by atoms with van der Waals surface area (Å²) in [4.78, 5) is 0. The lowest BCUT2D eigenvalue weighted by molar-refractivity contribution is -0.206. The molecule has 0 radical (unpaired) electrons. The zero-order valence-corrected chi connectivity index (χ0v) is 23.9. The fraction of sp³-hybridized carbons (Fsp3) is 0.647. The standard InChI is InChI=1S/C34H52O3/c1-4-6-7-8-9-10-13-16-29-26-36-34(37-27-29)32-19-17-30(18-20-32)31-21-23-33(24-22-31)35-25-14-11-12-15-28(3)5-2/h17-24,28-29,34H,4-16,25-27H2,1-3H3/t28-,29-,34-/m0/s1. The van der Waals surface area contributed by atoms with Crippen LogP contribution in [-0.2, 0) is 9.47 Å². The normalized spacial score (nSPS) is 18.6. The number of unbranched alkanes of at least 4 members (excludes halogenated alkanes) is 8. The van der Waals surface area contributed by atoms with E-state index < -0.39 is 0 Å².